The first-order valence-electron chi connectivity index (χ1n) is 7.84. The van der Waals surface area contributed by atoms with E-state index < -0.39 is 0 Å². The number of amides is 1. The van der Waals surface area contributed by atoms with Gasteiger partial charge in [0.05, 0.1) is 0 Å². The summed E-state index contributed by atoms with van der Waals surface area (Å²) in [4.78, 5) is 12.3. The first-order chi connectivity index (χ1) is 10.7. The van der Waals surface area contributed by atoms with Crippen molar-refractivity contribution in [1.29, 1.82) is 0 Å². The Labute approximate surface area is 135 Å². The van der Waals surface area contributed by atoms with Crippen molar-refractivity contribution in [3.8, 4) is 0 Å². The van der Waals surface area contributed by atoms with Crippen LogP contribution in [0.1, 0.15) is 46.7 Å². The number of carbonyl (C=O) groups excluding carboxylic acids is 1. The van der Waals surface area contributed by atoms with Crippen LogP contribution in [0.5, 0.6) is 0 Å². The number of hydrogen-bond acceptors (Lipinski definition) is 1. The van der Waals surface area contributed by atoms with Crippen molar-refractivity contribution in [2.45, 2.75) is 37.1 Å². The van der Waals surface area contributed by atoms with Crippen molar-refractivity contribution in [1.82, 2.24) is 5.32 Å². The van der Waals surface area contributed by atoms with E-state index in [0.29, 0.717) is 10.9 Å². The van der Waals surface area contributed by atoms with Gasteiger partial charge in [0, 0.05) is 22.0 Å². The molecule has 0 radical (unpaired) electrons. The van der Waals surface area contributed by atoms with Crippen molar-refractivity contribution in [3.05, 3.63) is 70.2 Å². The summed E-state index contributed by atoms with van der Waals surface area (Å²) in [6.07, 6.45) is 4.21. The summed E-state index contributed by atoms with van der Waals surface area (Å²) >= 11 is 6.19. The molecule has 2 aliphatic rings. The van der Waals surface area contributed by atoms with E-state index in [1.165, 1.54) is 5.56 Å². The van der Waals surface area contributed by atoms with Gasteiger partial charge in [-0.25, -0.2) is 0 Å². The lowest BCUT2D eigenvalue weighted by molar-refractivity contribution is 0.0904. The summed E-state index contributed by atoms with van der Waals surface area (Å²) in [5.41, 5.74) is 3.24. The second kappa shape index (κ2) is 5.13. The number of aryl methyl sites for hydroxylation is 1. The molecule has 1 aliphatic heterocycles. The van der Waals surface area contributed by atoms with Gasteiger partial charge >= 0.3 is 0 Å². The van der Waals surface area contributed by atoms with E-state index in [1.54, 1.807) is 6.07 Å². The largest absolute Gasteiger partial charge is 0.346 e. The van der Waals surface area contributed by atoms with E-state index in [2.05, 4.69) is 29.6 Å². The Bertz CT molecular complexity index is 721. The Morgan fingerprint density at radius 1 is 1.14 bits per heavy atom. The third kappa shape index (κ3) is 2.32. The van der Waals surface area contributed by atoms with E-state index in [4.69, 9.17) is 11.6 Å². The van der Waals surface area contributed by atoms with Crippen LogP contribution in [0.2, 0.25) is 5.02 Å². The fraction of sp³-hybridized carbons (Fsp3) is 0.316. The molecular formula is C19H18ClNO. The highest BCUT2D eigenvalue weighted by atomic mass is 35.5. The smallest absolute Gasteiger partial charge is 0.252 e. The van der Waals surface area contributed by atoms with Crippen LogP contribution in [0.4, 0.5) is 0 Å². The van der Waals surface area contributed by atoms with Crippen LogP contribution in [-0.4, -0.2) is 11.4 Å². The van der Waals surface area contributed by atoms with Gasteiger partial charge in [-0.2, -0.15) is 0 Å². The predicted octanol–water partition coefficient (Wildman–Crippen LogP) is 4.33. The average molecular weight is 312 g/mol. The van der Waals surface area contributed by atoms with Crippen molar-refractivity contribution < 1.29 is 4.79 Å². The van der Waals surface area contributed by atoms with Crippen LogP contribution in [0, 0.1) is 0 Å². The zero-order valence-electron chi connectivity index (χ0n) is 12.3. The van der Waals surface area contributed by atoms with Gasteiger partial charge < -0.3 is 5.32 Å². The SMILES string of the molecule is O=C1NC2(CC2)[C@H](CCc2ccccc2)c2cc(Cl)ccc21. The normalized spacial score (nSPS) is 21.3. The van der Waals surface area contributed by atoms with E-state index >= 15 is 0 Å². The summed E-state index contributed by atoms with van der Waals surface area (Å²) in [6.45, 7) is 0. The lowest BCUT2D eigenvalue weighted by Crippen LogP contribution is -2.46. The van der Waals surface area contributed by atoms with Crippen molar-refractivity contribution >= 4 is 17.5 Å². The average Bonchev–Trinajstić information content (AvgIpc) is 3.27. The van der Waals surface area contributed by atoms with Gasteiger partial charge in [-0.1, -0.05) is 41.9 Å². The molecule has 1 fully saturated rings. The molecule has 0 saturated heterocycles. The zero-order chi connectivity index (χ0) is 15.2. The van der Waals surface area contributed by atoms with Crippen LogP contribution in [-0.2, 0) is 6.42 Å². The van der Waals surface area contributed by atoms with Crippen LogP contribution in [0.15, 0.2) is 48.5 Å². The molecule has 112 valence electrons. The summed E-state index contributed by atoms with van der Waals surface area (Å²) < 4.78 is 0. The number of benzene rings is 2. The van der Waals surface area contributed by atoms with Gasteiger partial charge in [-0.3, -0.25) is 4.79 Å². The molecule has 1 atom stereocenters. The molecule has 1 amide bonds. The molecule has 4 rings (SSSR count). The second-order valence-corrected chi connectivity index (χ2v) is 6.86. The topological polar surface area (TPSA) is 29.1 Å². The molecule has 1 heterocycles. The third-order valence-electron chi connectivity index (χ3n) is 5.02. The summed E-state index contributed by atoms with van der Waals surface area (Å²) in [5.74, 6) is 0.416. The van der Waals surface area contributed by atoms with Gasteiger partial charge in [0.25, 0.3) is 5.91 Å². The third-order valence-corrected chi connectivity index (χ3v) is 5.25. The quantitative estimate of drug-likeness (QED) is 0.898. The van der Waals surface area contributed by atoms with Gasteiger partial charge in [0.15, 0.2) is 0 Å². The van der Waals surface area contributed by atoms with Gasteiger partial charge in [0.1, 0.15) is 0 Å². The number of halogens is 1. The minimum atomic E-state index is -0.0243. The maximum absolute atomic E-state index is 12.3. The number of rotatable bonds is 3. The molecule has 3 heteroatoms. The number of fused-ring (bicyclic) bond motifs is 1. The predicted molar refractivity (Wildman–Crippen MR) is 88.4 cm³/mol. The molecule has 1 spiro atoms. The first kappa shape index (κ1) is 13.8. The zero-order valence-corrected chi connectivity index (χ0v) is 13.1. The Morgan fingerprint density at radius 2 is 1.91 bits per heavy atom. The van der Waals surface area contributed by atoms with Crippen LogP contribution in [0.3, 0.4) is 0 Å². The molecule has 2 aromatic carbocycles. The molecule has 1 saturated carbocycles. The van der Waals surface area contributed by atoms with E-state index in [0.717, 1.165) is 36.8 Å². The number of hydrogen-bond donors (Lipinski definition) is 1. The fourth-order valence-corrected chi connectivity index (χ4v) is 3.88. The Kier molecular flexibility index (Phi) is 3.23. The van der Waals surface area contributed by atoms with Gasteiger partial charge in [-0.05, 0) is 55.0 Å². The van der Waals surface area contributed by atoms with E-state index in [1.807, 2.05) is 18.2 Å². The van der Waals surface area contributed by atoms with Crippen molar-refractivity contribution in [2.24, 2.45) is 0 Å². The Balaban J connectivity index is 1.66. The minimum absolute atomic E-state index is 0.0243. The van der Waals surface area contributed by atoms with E-state index in [9.17, 15) is 4.79 Å². The summed E-state index contributed by atoms with van der Waals surface area (Å²) in [5, 5.41) is 3.96. The molecule has 1 aliphatic carbocycles. The molecule has 2 aromatic rings. The van der Waals surface area contributed by atoms with Crippen molar-refractivity contribution in [3.63, 3.8) is 0 Å². The summed E-state index contributed by atoms with van der Waals surface area (Å²) in [6, 6.07) is 16.2. The molecule has 22 heavy (non-hydrogen) atoms. The van der Waals surface area contributed by atoms with Crippen LogP contribution in [0.25, 0.3) is 0 Å². The van der Waals surface area contributed by atoms with Gasteiger partial charge in [-0.15, -0.1) is 0 Å². The van der Waals surface area contributed by atoms with Crippen LogP contribution < -0.4 is 5.32 Å². The van der Waals surface area contributed by atoms with E-state index in [-0.39, 0.29) is 11.4 Å². The monoisotopic (exact) mass is 311 g/mol. The first-order valence-corrected chi connectivity index (χ1v) is 8.22. The van der Waals surface area contributed by atoms with Gasteiger partial charge in [0.2, 0.25) is 0 Å². The molecule has 1 N–H and O–H groups in total. The number of carbonyl (C=O) groups is 1. The molecule has 2 nitrogen and oxygen atoms in total. The lowest BCUT2D eigenvalue weighted by atomic mass is 9.79. The Hall–Kier alpha value is -1.80. The molecule has 0 bridgehead atoms. The second-order valence-electron chi connectivity index (χ2n) is 6.42. The molecular weight excluding hydrogens is 294 g/mol. The number of nitrogens with one attached hydrogen (secondary N) is 1. The maximum Gasteiger partial charge on any atom is 0.252 e. The molecule has 0 unspecified atom stereocenters. The minimum Gasteiger partial charge on any atom is -0.346 e. The molecule has 0 aromatic heterocycles. The standard InChI is InChI=1S/C19H18ClNO/c20-14-7-8-15-16(12-14)17(19(10-11-19)21-18(15)22)9-6-13-4-2-1-3-5-13/h1-5,7-8,12,17H,6,9-11H2,(H,21,22)/t17-/m1/s1. The highest BCUT2D eigenvalue weighted by molar-refractivity contribution is 6.30. The highest BCUT2D eigenvalue weighted by Gasteiger charge is 2.54. The lowest BCUT2D eigenvalue weighted by Gasteiger charge is -2.35. The fourth-order valence-electron chi connectivity index (χ4n) is 3.70. The highest BCUT2D eigenvalue weighted by Crippen LogP contribution is 2.52. The Morgan fingerprint density at radius 3 is 2.64 bits per heavy atom. The maximum atomic E-state index is 12.3. The van der Waals surface area contributed by atoms with Crippen LogP contribution >= 0.6 is 11.6 Å². The summed E-state index contributed by atoms with van der Waals surface area (Å²) in [7, 11) is 0. The van der Waals surface area contributed by atoms with Crippen molar-refractivity contribution in [2.75, 3.05) is 0 Å².